The van der Waals surface area contributed by atoms with Crippen molar-refractivity contribution in [1.82, 2.24) is 9.55 Å². The summed E-state index contributed by atoms with van der Waals surface area (Å²) in [7, 11) is 1.70. The highest BCUT2D eigenvalue weighted by atomic mass is 16.5. The minimum absolute atomic E-state index is 0.702. The molecule has 0 atom stereocenters. The van der Waals surface area contributed by atoms with Gasteiger partial charge in [0.1, 0.15) is 11.6 Å². The lowest BCUT2D eigenvalue weighted by atomic mass is 10.2. The number of anilines is 1. The second-order valence-corrected chi connectivity index (χ2v) is 6.20. The molecule has 0 spiro atoms. The lowest BCUT2D eigenvalue weighted by molar-refractivity contribution is 0.410. The van der Waals surface area contributed by atoms with Gasteiger partial charge in [-0.15, -0.1) is 0 Å². The van der Waals surface area contributed by atoms with E-state index in [1.807, 2.05) is 43.3 Å². The van der Waals surface area contributed by atoms with E-state index in [9.17, 15) is 0 Å². The molecule has 3 aromatic carbocycles. The van der Waals surface area contributed by atoms with Crippen LogP contribution in [0.25, 0.3) is 16.7 Å². The molecule has 0 radical (unpaired) electrons. The molecule has 0 unspecified atom stereocenters. The van der Waals surface area contributed by atoms with E-state index in [0.717, 1.165) is 39.5 Å². The molecular formula is C22H21N3O. The standard InChI is InChI=1S/C22H21N3O/c1-16-24-20-14-18(23-15-17-8-6-7-11-22(17)26-2)12-13-21(20)25(16)19-9-4-3-5-10-19/h3-14,23H,15H2,1-2H3. The minimum atomic E-state index is 0.702. The van der Waals surface area contributed by atoms with Crippen LogP contribution in [0.2, 0.25) is 0 Å². The maximum Gasteiger partial charge on any atom is 0.123 e. The largest absolute Gasteiger partial charge is 0.496 e. The zero-order valence-electron chi connectivity index (χ0n) is 14.9. The molecule has 4 nitrogen and oxygen atoms in total. The summed E-state index contributed by atoms with van der Waals surface area (Å²) in [6.07, 6.45) is 0. The Morgan fingerprint density at radius 2 is 1.73 bits per heavy atom. The van der Waals surface area contributed by atoms with E-state index in [0.29, 0.717) is 6.54 Å². The topological polar surface area (TPSA) is 39.1 Å². The Morgan fingerprint density at radius 3 is 2.54 bits per heavy atom. The van der Waals surface area contributed by atoms with Gasteiger partial charge in [-0.1, -0.05) is 36.4 Å². The van der Waals surface area contributed by atoms with Crippen molar-refractivity contribution in [3.05, 3.63) is 84.2 Å². The summed E-state index contributed by atoms with van der Waals surface area (Å²) in [5.41, 5.74) is 5.39. The molecule has 0 fully saturated rings. The molecule has 1 aromatic heterocycles. The Morgan fingerprint density at radius 1 is 0.962 bits per heavy atom. The van der Waals surface area contributed by atoms with Crippen molar-refractivity contribution in [2.75, 3.05) is 12.4 Å². The van der Waals surface area contributed by atoms with Crippen molar-refractivity contribution < 1.29 is 4.74 Å². The maximum atomic E-state index is 5.42. The Labute approximate surface area is 153 Å². The van der Waals surface area contributed by atoms with Gasteiger partial charge in [-0.2, -0.15) is 0 Å². The fourth-order valence-electron chi connectivity index (χ4n) is 3.26. The normalized spacial score (nSPS) is 10.8. The first-order chi connectivity index (χ1) is 12.8. The zero-order valence-corrected chi connectivity index (χ0v) is 14.9. The van der Waals surface area contributed by atoms with Gasteiger partial charge in [-0.25, -0.2) is 4.98 Å². The van der Waals surface area contributed by atoms with Crippen LogP contribution in [0.1, 0.15) is 11.4 Å². The average molecular weight is 343 g/mol. The molecule has 1 heterocycles. The summed E-state index contributed by atoms with van der Waals surface area (Å²) >= 11 is 0. The van der Waals surface area contributed by atoms with Gasteiger partial charge in [-0.05, 0) is 43.3 Å². The summed E-state index contributed by atoms with van der Waals surface area (Å²) in [6.45, 7) is 2.74. The van der Waals surface area contributed by atoms with Crippen molar-refractivity contribution in [2.24, 2.45) is 0 Å². The third-order valence-corrected chi connectivity index (χ3v) is 4.51. The van der Waals surface area contributed by atoms with E-state index in [1.54, 1.807) is 7.11 Å². The number of fused-ring (bicyclic) bond motifs is 1. The van der Waals surface area contributed by atoms with Gasteiger partial charge in [-0.3, -0.25) is 4.57 Å². The van der Waals surface area contributed by atoms with Crippen LogP contribution >= 0.6 is 0 Å². The highest BCUT2D eigenvalue weighted by Gasteiger charge is 2.10. The van der Waals surface area contributed by atoms with Crippen LogP contribution in [0, 0.1) is 6.92 Å². The van der Waals surface area contributed by atoms with E-state index in [4.69, 9.17) is 9.72 Å². The van der Waals surface area contributed by atoms with E-state index >= 15 is 0 Å². The molecule has 4 heteroatoms. The number of benzene rings is 3. The van der Waals surface area contributed by atoms with Gasteiger partial charge in [0.15, 0.2) is 0 Å². The molecule has 0 saturated heterocycles. The Kier molecular flexibility index (Phi) is 4.32. The second kappa shape index (κ2) is 6.92. The molecule has 0 amide bonds. The zero-order chi connectivity index (χ0) is 17.9. The third kappa shape index (κ3) is 3.02. The van der Waals surface area contributed by atoms with Crippen molar-refractivity contribution in [2.45, 2.75) is 13.5 Å². The smallest absolute Gasteiger partial charge is 0.123 e. The van der Waals surface area contributed by atoms with Gasteiger partial charge in [0, 0.05) is 23.5 Å². The number of para-hydroxylation sites is 2. The highest BCUT2D eigenvalue weighted by molar-refractivity contribution is 5.82. The van der Waals surface area contributed by atoms with Gasteiger partial charge in [0.25, 0.3) is 0 Å². The van der Waals surface area contributed by atoms with Crippen molar-refractivity contribution >= 4 is 16.7 Å². The summed E-state index contributed by atoms with van der Waals surface area (Å²) in [5, 5.41) is 3.47. The number of aryl methyl sites for hydroxylation is 1. The summed E-state index contributed by atoms with van der Waals surface area (Å²) in [5.74, 6) is 1.87. The van der Waals surface area contributed by atoms with Crippen LogP contribution in [0.15, 0.2) is 72.8 Å². The first-order valence-corrected chi connectivity index (χ1v) is 8.66. The molecule has 0 aliphatic carbocycles. The lowest BCUT2D eigenvalue weighted by Gasteiger charge is -2.11. The quantitative estimate of drug-likeness (QED) is 0.557. The first kappa shape index (κ1) is 16.2. The van der Waals surface area contributed by atoms with E-state index in [2.05, 4.69) is 46.3 Å². The number of rotatable bonds is 5. The van der Waals surface area contributed by atoms with Crippen LogP contribution in [0.5, 0.6) is 5.75 Å². The van der Waals surface area contributed by atoms with Gasteiger partial charge in [0.2, 0.25) is 0 Å². The number of imidazole rings is 1. The maximum absolute atomic E-state index is 5.42. The molecule has 0 aliphatic heterocycles. The third-order valence-electron chi connectivity index (χ3n) is 4.51. The van der Waals surface area contributed by atoms with Crippen LogP contribution < -0.4 is 10.1 Å². The Hall–Kier alpha value is -3.27. The molecule has 4 aromatic rings. The first-order valence-electron chi connectivity index (χ1n) is 8.66. The molecule has 26 heavy (non-hydrogen) atoms. The SMILES string of the molecule is COc1ccccc1CNc1ccc2c(c1)nc(C)n2-c1ccccc1. The number of ether oxygens (including phenoxy) is 1. The molecule has 4 rings (SSSR count). The molecular weight excluding hydrogens is 322 g/mol. The Balaban J connectivity index is 1.63. The van der Waals surface area contributed by atoms with E-state index in [1.165, 1.54) is 0 Å². The van der Waals surface area contributed by atoms with Gasteiger partial charge < -0.3 is 10.1 Å². The predicted octanol–water partition coefficient (Wildman–Crippen LogP) is 4.95. The lowest BCUT2D eigenvalue weighted by Crippen LogP contribution is -2.01. The second-order valence-electron chi connectivity index (χ2n) is 6.20. The van der Waals surface area contributed by atoms with Crippen molar-refractivity contribution in [3.8, 4) is 11.4 Å². The number of nitrogens with zero attached hydrogens (tertiary/aromatic N) is 2. The van der Waals surface area contributed by atoms with Gasteiger partial charge in [0.05, 0.1) is 18.1 Å². The Bertz CT molecular complexity index is 1040. The number of methoxy groups -OCH3 is 1. The van der Waals surface area contributed by atoms with Crippen molar-refractivity contribution in [1.29, 1.82) is 0 Å². The predicted molar refractivity (Wildman–Crippen MR) is 106 cm³/mol. The van der Waals surface area contributed by atoms with Crippen LogP contribution in [0.3, 0.4) is 0 Å². The van der Waals surface area contributed by atoms with E-state index in [-0.39, 0.29) is 0 Å². The van der Waals surface area contributed by atoms with Gasteiger partial charge >= 0.3 is 0 Å². The van der Waals surface area contributed by atoms with Crippen LogP contribution in [-0.2, 0) is 6.54 Å². The summed E-state index contributed by atoms with van der Waals surface area (Å²) < 4.78 is 7.60. The number of hydrogen-bond acceptors (Lipinski definition) is 3. The number of nitrogens with one attached hydrogen (secondary N) is 1. The molecule has 0 saturated carbocycles. The minimum Gasteiger partial charge on any atom is -0.496 e. The van der Waals surface area contributed by atoms with Crippen LogP contribution in [0.4, 0.5) is 5.69 Å². The average Bonchev–Trinajstić information content (AvgIpc) is 3.02. The molecule has 0 aliphatic rings. The van der Waals surface area contributed by atoms with E-state index < -0.39 is 0 Å². The molecule has 1 N–H and O–H groups in total. The number of hydrogen-bond donors (Lipinski definition) is 1. The fourth-order valence-corrected chi connectivity index (χ4v) is 3.26. The van der Waals surface area contributed by atoms with Crippen LogP contribution in [-0.4, -0.2) is 16.7 Å². The van der Waals surface area contributed by atoms with Crippen molar-refractivity contribution in [3.63, 3.8) is 0 Å². The monoisotopic (exact) mass is 343 g/mol. The molecule has 130 valence electrons. The summed E-state index contributed by atoms with van der Waals surface area (Å²) in [6, 6.07) is 24.7. The number of aromatic nitrogens is 2. The molecule has 0 bridgehead atoms. The summed E-state index contributed by atoms with van der Waals surface area (Å²) in [4.78, 5) is 4.74. The highest BCUT2D eigenvalue weighted by Crippen LogP contribution is 2.25. The fraction of sp³-hybridized carbons (Fsp3) is 0.136.